The number of carbonyl (C=O) groups is 2. The average molecular weight is 214 g/mol. The predicted molar refractivity (Wildman–Crippen MR) is 56.2 cm³/mol. The van der Waals surface area contributed by atoms with Crippen molar-refractivity contribution in [3.63, 3.8) is 0 Å². The maximum atomic E-state index is 10.9. The summed E-state index contributed by atoms with van der Waals surface area (Å²) in [7, 11) is 0. The standard InChI is InChI=1S/C12H6O4/c1-3-7-5-6-9(11(13)14)10(12(15)16)8(7)4-2/h1-2,5-6H,(H,13,14)(H,15,16). The third-order valence-corrected chi connectivity index (χ3v) is 1.95. The number of terminal acetylenes is 2. The Labute approximate surface area is 91.5 Å². The van der Waals surface area contributed by atoms with Crippen LogP contribution in [0, 0.1) is 24.7 Å². The summed E-state index contributed by atoms with van der Waals surface area (Å²) in [6.45, 7) is 0. The Bertz CT molecular complexity index is 556. The summed E-state index contributed by atoms with van der Waals surface area (Å²) in [5, 5.41) is 17.7. The molecule has 0 radical (unpaired) electrons. The van der Waals surface area contributed by atoms with E-state index in [-0.39, 0.29) is 16.7 Å². The van der Waals surface area contributed by atoms with E-state index in [4.69, 9.17) is 23.1 Å². The third kappa shape index (κ3) is 1.73. The van der Waals surface area contributed by atoms with Gasteiger partial charge in [-0.1, -0.05) is 11.8 Å². The van der Waals surface area contributed by atoms with E-state index < -0.39 is 17.5 Å². The van der Waals surface area contributed by atoms with E-state index in [2.05, 4.69) is 11.8 Å². The van der Waals surface area contributed by atoms with E-state index in [1.807, 2.05) is 0 Å². The Balaban J connectivity index is 3.74. The molecule has 0 atom stereocenters. The Morgan fingerprint density at radius 1 is 1.06 bits per heavy atom. The van der Waals surface area contributed by atoms with Crippen LogP contribution in [-0.4, -0.2) is 22.2 Å². The van der Waals surface area contributed by atoms with E-state index in [1.54, 1.807) is 0 Å². The number of aromatic carboxylic acids is 2. The maximum absolute atomic E-state index is 10.9. The van der Waals surface area contributed by atoms with Gasteiger partial charge in [0.1, 0.15) is 0 Å². The fraction of sp³-hybridized carbons (Fsp3) is 0. The minimum absolute atomic E-state index is 0.0881. The van der Waals surface area contributed by atoms with Gasteiger partial charge in [0.2, 0.25) is 0 Å². The van der Waals surface area contributed by atoms with Crippen LogP contribution in [0.5, 0.6) is 0 Å². The number of rotatable bonds is 2. The molecular weight excluding hydrogens is 208 g/mol. The number of hydrogen-bond donors (Lipinski definition) is 2. The van der Waals surface area contributed by atoms with E-state index in [1.165, 1.54) is 6.07 Å². The zero-order chi connectivity index (χ0) is 12.3. The van der Waals surface area contributed by atoms with Gasteiger partial charge in [-0.05, 0) is 12.1 Å². The topological polar surface area (TPSA) is 74.6 Å². The first-order valence-corrected chi connectivity index (χ1v) is 4.09. The smallest absolute Gasteiger partial charge is 0.337 e. The van der Waals surface area contributed by atoms with Crippen LogP contribution >= 0.6 is 0 Å². The summed E-state index contributed by atoms with van der Waals surface area (Å²) in [5.74, 6) is 1.54. The zero-order valence-electron chi connectivity index (χ0n) is 8.02. The first-order valence-electron chi connectivity index (χ1n) is 4.09. The average Bonchev–Trinajstić information content (AvgIpc) is 2.26. The largest absolute Gasteiger partial charge is 0.478 e. The molecule has 2 N–H and O–H groups in total. The number of benzene rings is 1. The summed E-state index contributed by atoms with van der Waals surface area (Å²) in [6.07, 6.45) is 10.3. The van der Waals surface area contributed by atoms with Gasteiger partial charge >= 0.3 is 11.9 Å². The molecule has 16 heavy (non-hydrogen) atoms. The third-order valence-electron chi connectivity index (χ3n) is 1.95. The van der Waals surface area contributed by atoms with Crippen LogP contribution in [0.15, 0.2) is 12.1 Å². The molecule has 1 aromatic rings. The molecule has 78 valence electrons. The second-order valence-electron chi connectivity index (χ2n) is 2.81. The van der Waals surface area contributed by atoms with Crippen LogP contribution in [0.25, 0.3) is 0 Å². The molecule has 0 unspecified atom stereocenters. The molecule has 0 spiro atoms. The van der Waals surface area contributed by atoms with E-state index in [9.17, 15) is 9.59 Å². The molecule has 1 aromatic carbocycles. The lowest BCUT2D eigenvalue weighted by Crippen LogP contribution is -2.11. The first-order chi connectivity index (χ1) is 7.52. The van der Waals surface area contributed by atoms with Crippen molar-refractivity contribution in [3.8, 4) is 24.7 Å². The molecule has 0 heterocycles. The fourth-order valence-corrected chi connectivity index (χ4v) is 1.27. The van der Waals surface area contributed by atoms with Gasteiger partial charge in [0.15, 0.2) is 0 Å². The lowest BCUT2D eigenvalue weighted by Gasteiger charge is -2.06. The van der Waals surface area contributed by atoms with Crippen LogP contribution < -0.4 is 0 Å². The Hall–Kier alpha value is -2.72. The van der Waals surface area contributed by atoms with Crippen LogP contribution in [0.1, 0.15) is 31.8 Å². The predicted octanol–water partition coefficient (Wildman–Crippen LogP) is 1.05. The van der Waals surface area contributed by atoms with Gasteiger partial charge in [-0.2, -0.15) is 0 Å². The number of carboxylic acid groups (broad SMARTS) is 2. The second kappa shape index (κ2) is 4.20. The Morgan fingerprint density at radius 3 is 2.06 bits per heavy atom. The SMILES string of the molecule is C#Cc1ccc(C(=O)O)c(C(=O)O)c1C#C. The van der Waals surface area contributed by atoms with Crippen molar-refractivity contribution < 1.29 is 19.8 Å². The van der Waals surface area contributed by atoms with Gasteiger partial charge < -0.3 is 10.2 Å². The molecule has 0 fully saturated rings. The lowest BCUT2D eigenvalue weighted by atomic mass is 9.96. The maximum Gasteiger partial charge on any atom is 0.337 e. The Morgan fingerprint density at radius 2 is 1.69 bits per heavy atom. The summed E-state index contributed by atoms with van der Waals surface area (Å²) in [6, 6.07) is 2.44. The number of carboxylic acids is 2. The van der Waals surface area contributed by atoms with Gasteiger partial charge in [-0.25, -0.2) is 9.59 Å². The first kappa shape index (κ1) is 11.4. The van der Waals surface area contributed by atoms with Crippen molar-refractivity contribution in [2.75, 3.05) is 0 Å². The van der Waals surface area contributed by atoms with Crippen molar-refractivity contribution in [1.29, 1.82) is 0 Å². The van der Waals surface area contributed by atoms with Crippen molar-refractivity contribution in [3.05, 3.63) is 34.4 Å². The van der Waals surface area contributed by atoms with Crippen LogP contribution in [0.3, 0.4) is 0 Å². The minimum Gasteiger partial charge on any atom is -0.478 e. The molecule has 4 nitrogen and oxygen atoms in total. The summed E-state index contributed by atoms with van der Waals surface area (Å²) >= 11 is 0. The molecule has 0 saturated carbocycles. The monoisotopic (exact) mass is 214 g/mol. The van der Waals surface area contributed by atoms with Gasteiger partial charge in [-0.15, -0.1) is 12.8 Å². The molecule has 1 rings (SSSR count). The van der Waals surface area contributed by atoms with E-state index in [0.29, 0.717) is 0 Å². The zero-order valence-corrected chi connectivity index (χ0v) is 8.02. The summed E-state index contributed by atoms with van der Waals surface area (Å²) in [4.78, 5) is 21.8. The summed E-state index contributed by atoms with van der Waals surface area (Å²) < 4.78 is 0. The highest BCUT2D eigenvalue weighted by Gasteiger charge is 2.21. The second-order valence-corrected chi connectivity index (χ2v) is 2.81. The summed E-state index contributed by atoms with van der Waals surface area (Å²) in [5.41, 5.74) is -0.732. The minimum atomic E-state index is -1.41. The van der Waals surface area contributed by atoms with Gasteiger partial charge in [0, 0.05) is 5.56 Å². The molecule has 0 amide bonds. The molecule has 0 bridgehead atoms. The molecule has 0 aromatic heterocycles. The van der Waals surface area contributed by atoms with Crippen molar-refractivity contribution >= 4 is 11.9 Å². The lowest BCUT2D eigenvalue weighted by molar-refractivity contribution is 0.0651. The normalized spacial score (nSPS) is 8.88. The van der Waals surface area contributed by atoms with Crippen LogP contribution in [0.4, 0.5) is 0 Å². The highest BCUT2D eigenvalue weighted by atomic mass is 16.4. The van der Waals surface area contributed by atoms with Gasteiger partial charge in [0.05, 0.1) is 16.7 Å². The molecular formula is C12H6O4. The van der Waals surface area contributed by atoms with Crippen LogP contribution in [-0.2, 0) is 0 Å². The molecule has 0 aliphatic rings. The van der Waals surface area contributed by atoms with E-state index >= 15 is 0 Å². The molecule has 0 saturated heterocycles. The highest BCUT2D eigenvalue weighted by molar-refractivity contribution is 6.04. The van der Waals surface area contributed by atoms with Crippen LogP contribution in [0.2, 0.25) is 0 Å². The fourth-order valence-electron chi connectivity index (χ4n) is 1.27. The van der Waals surface area contributed by atoms with E-state index in [0.717, 1.165) is 6.07 Å². The molecule has 0 aliphatic heterocycles. The number of hydrogen-bond acceptors (Lipinski definition) is 2. The quantitative estimate of drug-likeness (QED) is 0.721. The van der Waals surface area contributed by atoms with Gasteiger partial charge in [0.25, 0.3) is 0 Å². The highest BCUT2D eigenvalue weighted by Crippen LogP contribution is 2.18. The van der Waals surface area contributed by atoms with Gasteiger partial charge in [-0.3, -0.25) is 0 Å². The Kier molecular flexibility index (Phi) is 2.98. The van der Waals surface area contributed by atoms with Crippen molar-refractivity contribution in [2.24, 2.45) is 0 Å². The molecule has 4 heteroatoms. The van der Waals surface area contributed by atoms with Crippen molar-refractivity contribution in [2.45, 2.75) is 0 Å². The van der Waals surface area contributed by atoms with Crippen molar-refractivity contribution in [1.82, 2.24) is 0 Å². The molecule has 0 aliphatic carbocycles.